The number of rotatable bonds is 5. The number of carbonyl (C=O) groups is 2. The lowest BCUT2D eigenvalue weighted by Gasteiger charge is -2.36. The van der Waals surface area contributed by atoms with Crippen molar-refractivity contribution in [1.29, 1.82) is 0 Å². The molecule has 0 aromatic heterocycles. The van der Waals surface area contributed by atoms with E-state index in [1.165, 1.54) is 9.80 Å². The second-order valence-corrected chi connectivity index (χ2v) is 8.46. The Kier molecular flexibility index (Phi) is 7.15. The first-order valence-electron chi connectivity index (χ1n) is 10.2. The van der Waals surface area contributed by atoms with Crippen LogP contribution in [-0.4, -0.2) is 72.9 Å². The van der Waals surface area contributed by atoms with Gasteiger partial charge in [0.25, 0.3) is 0 Å². The van der Waals surface area contributed by atoms with Gasteiger partial charge in [-0.3, -0.25) is 9.69 Å². The second-order valence-electron chi connectivity index (χ2n) is 8.05. The Labute approximate surface area is 183 Å². The maximum atomic E-state index is 14.8. The molecule has 172 valence electrons. The molecule has 0 radical (unpaired) electrons. The van der Waals surface area contributed by atoms with Crippen molar-refractivity contribution in [2.75, 3.05) is 39.3 Å². The summed E-state index contributed by atoms with van der Waals surface area (Å²) in [6.45, 7) is 0.505. The van der Waals surface area contributed by atoms with Gasteiger partial charge >= 0.3 is 12.1 Å². The quantitative estimate of drug-likeness (QED) is 0.491. The van der Waals surface area contributed by atoms with E-state index in [1.807, 2.05) is 0 Å². The van der Waals surface area contributed by atoms with Gasteiger partial charge in [-0.2, -0.15) is 13.2 Å². The Hall–Kier alpha value is -1.87. The van der Waals surface area contributed by atoms with Crippen LogP contribution in [0.5, 0.6) is 0 Å². The summed E-state index contributed by atoms with van der Waals surface area (Å²) < 4.78 is 58.6. The largest absolute Gasteiger partial charge is 0.464 e. The zero-order chi connectivity index (χ0) is 22.8. The van der Waals surface area contributed by atoms with Crippen molar-refractivity contribution in [1.82, 2.24) is 9.80 Å². The molecule has 2 heterocycles. The summed E-state index contributed by atoms with van der Waals surface area (Å²) in [5.41, 5.74) is -1.53. The summed E-state index contributed by atoms with van der Waals surface area (Å²) in [6.07, 6.45) is -4.79. The second kappa shape index (κ2) is 9.32. The van der Waals surface area contributed by atoms with E-state index in [0.29, 0.717) is 10.6 Å². The average molecular weight is 465 g/mol. The number of nitrogens with zero attached hydrogens (tertiary/aromatic N) is 2. The molecule has 1 aromatic carbocycles. The van der Waals surface area contributed by atoms with Gasteiger partial charge in [0.2, 0.25) is 11.6 Å². The van der Waals surface area contributed by atoms with Gasteiger partial charge in [0.15, 0.2) is 0 Å². The molecule has 2 atom stereocenters. The molecule has 2 aliphatic rings. The maximum absolute atomic E-state index is 14.8. The first kappa shape index (κ1) is 23.8. The van der Waals surface area contributed by atoms with Crippen LogP contribution in [-0.2, 0) is 14.3 Å². The third-order valence-corrected chi connectivity index (χ3v) is 6.27. The number of piperidine rings is 1. The molecule has 2 fully saturated rings. The molecule has 0 bridgehead atoms. The first-order valence-corrected chi connectivity index (χ1v) is 10.6. The number of amides is 1. The molecule has 1 aromatic rings. The lowest BCUT2D eigenvalue weighted by atomic mass is 9.86. The van der Waals surface area contributed by atoms with Crippen LogP contribution in [0.3, 0.4) is 0 Å². The molecule has 0 unspecified atom stereocenters. The molecule has 31 heavy (non-hydrogen) atoms. The third kappa shape index (κ3) is 5.49. The van der Waals surface area contributed by atoms with Gasteiger partial charge in [-0.1, -0.05) is 29.8 Å². The van der Waals surface area contributed by atoms with Gasteiger partial charge in [0.1, 0.15) is 0 Å². The van der Waals surface area contributed by atoms with Crippen LogP contribution in [0.2, 0.25) is 5.02 Å². The predicted molar refractivity (Wildman–Crippen MR) is 106 cm³/mol. The SMILES string of the molecule is CCOC(=O)C1(F)CCN(C(=O)[C@H]2CN(CC(F)(F)F)C[C@H]2c2ccccc2Cl)CC1. The van der Waals surface area contributed by atoms with Crippen molar-refractivity contribution in [3.63, 3.8) is 0 Å². The summed E-state index contributed by atoms with van der Waals surface area (Å²) in [4.78, 5) is 27.8. The molecular formula is C21H25ClF4N2O3. The van der Waals surface area contributed by atoms with E-state index in [9.17, 15) is 27.2 Å². The van der Waals surface area contributed by atoms with Gasteiger partial charge in [0.05, 0.1) is 19.1 Å². The van der Waals surface area contributed by atoms with Crippen molar-refractivity contribution in [2.45, 2.75) is 37.5 Å². The normalized spacial score (nSPS) is 24.3. The van der Waals surface area contributed by atoms with Crippen LogP contribution in [0, 0.1) is 5.92 Å². The maximum Gasteiger partial charge on any atom is 0.401 e. The first-order chi connectivity index (χ1) is 14.5. The highest BCUT2D eigenvalue weighted by Crippen LogP contribution is 2.39. The minimum atomic E-state index is -4.39. The number of alkyl halides is 4. The molecule has 0 saturated carbocycles. The highest BCUT2D eigenvalue weighted by molar-refractivity contribution is 6.31. The third-order valence-electron chi connectivity index (χ3n) is 5.93. The van der Waals surface area contributed by atoms with E-state index in [2.05, 4.69) is 0 Å². The fourth-order valence-electron chi connectivity index (χ4n) is 4.39. The minimum absolute atomic E-state index is 0.000833. The number of likely N-dealkylation sites (tertiary alicyclic amines) is 2. The van der Waals surface area contributed by atoms with Crippen LogP contribution in [0.4, 0.5) is 17.6 Å². The minimum Gasteiger partial charge on any atom is -0.464 e. The highest BCUT2D eigenvalue weighted by Gasteiger charge is 2.48. The molecular weight excluding hydrogens is 440 g/mol. The van der Waals surface area contributed by atoms with E-state index in [4.69, 9.17) is 16.3 Å². The number of hydrogen-bond acceptors (Lipinski definition) is 4. The van der Waals surface area contributed by atoms with Gasteiger partial charge in [0, 0.05) is 50.0 Å². The number of ether oxygens (including phenoxy) is 1. The number of halogens is 5. The van der Waals surface area contributed by atoms with E-state index < -0.39 is 36.2 Å². The standard InChI is InChI=1S/C21H25ClF4N2O3/c1-2-31-19(30)20(23)7-9-28(10-8-20)18(29)16-12-27(13-21(24,25)26)11-15(16)14-5-3-4-6-17(14)22/h3-6,15-16H,2,7-13H2,1H3/t15-,16-/m0/s1. The summed E-state index contributed by atoms with van der Waals surface area (Å²) in [5.74, 6) is -2.53. The summed E-state index contributed by atoms with van der Waals surface area (Å²) in [7, 11) is 0. The van der Waals surface area contributed by atoms with Crippen molar-refractivity contribution in [3.8, 4) is 0 Å². The zero-order valence-electron chi connectivity index (χ0n) is 17.1. The van der Waals surface area contributed by atoms with E-state index in [0.717, 1.165) is 0 Å². The Morgan fingerprint density at radius 3 is 2.42 bits per heavy atom. The van der Waals surface area contributed by atoms with Crippen LogP contribution >= 0.6 is 11.6 Å². The molecule has 0 N–H and O–H groups in total. The number of carbonyl (C=O) groups excluding carboxylic acids is 2. The van der Waals surface area contributed by atoms with Gasteiger partial charge in [-0.25, -0.2) is 9.18 Å². The fraction of sp³-hybridized carbons (Fsp3) is 0.619. The van der Waals surface area contributed by atoms with Crippen LogP contribution in [0.25, 0.3) is 0 Å². The predicted octanol–water partition coefficient (Wildman–Crippen LogP) is 3.81. The molecule has 0 spiro atoms. The number of benzene rings is 1. The Bertz CT molecular complexity index is 812. The van der Waals surface area contributed by atoms with Crippen molar-refractivity contribution < 1.29 is 31.9 Å². The van der Waals surface area contributed by atoms with Crippen molar-refractivity contribution >= 4 is 23.5 Å². The summed E-state index contributed by atoms with van der Waals surface area (Å²) >= 11 is 6.28. The van der Waals surface area contributed by atoms with Crippen molar-refractivity contribution in [2.24, 2.45) is 5.92 Å². The zero-order valence-corrected chi connectivity index (χ0v) is 17.9. The van der Waals surface area contributed by atoms with Crippen LogP contribution < -0.4 is 0 Å². The summed E-state index contributed by atoms with van der Waals surface area (Å²) in [6, 6.07) is 6.80. The van der Waals surface area contributed by atoms with Crippen LogP contribution in [0.15, 0.2) is 24.3 Å². The summed E-state index contributed by atoms with van der Waals surface area (Å²) in [5, 5.41) is 0.392. The lowest BCUT2D eigenvalue weighted by molar-refractivity contribution is -0.162. The Morgan fingerprint density at radius 1 is 1.19 bits per heavy atom. The van der Waals surface area contributed by atoms with E-state index in [1.54, 1.807) is 31.2 Å². The molecule has 2 saturated heterocycles. The van der Waals surface area contributed by atoms with Crippen LogP contribution in [0.1, 0.15) is 31.2 Å². The fourth-order valence-corrected chi connectivity index (χ4v) is 4.67. The van der Waals surface area contributed by atoms with Crippen molar-refractivity contribution in [3.05, 3.63) is 34.9 Å². The number of esters is 1. The Balaban J connectivity index is 1.76. The molecule has 2 aliphatic heterocycles. The lowest BCUT2D eigenvalue weighted by Crippen LogP contribution is -2.51. The highest BCUT2D eigenvalue weighted by atomic mass is 35.5. The molecule has 3 rings (SSSR count). The van der Waals surface area contributed by atoms with Gasteiger partial charge < -0.3 is 9.64 Å². The molecule has 0 aliphatic carbocycles. The molecule has 5 nitrogen and oxygen atoms in total. The van der Waals surface area contributed by atoms with E-state index >= 15 is 0 Å². The topological polar surface area (TPSA) is 49.9 Å². The molecule has 1 amide bonds. The monoisotopic (exact) mass is 464 g/mol. The average Bonchev–Trinajstić information content (AvgIpc) is 3.10. The smallest absolute Gasteiger partial charge is 0.401 e. The van der Waals surface area contributed by atoms with E-state index in [-0.39, 0.29) is 51.5 Å². The number of hydrogen-bond donors (Lipinski definition) is 0. The van der Waals surface area contributed by atoms with Gasteiger partial charge in [-0.15, -0.1) is 0 Å². The molecule has 10 heteroatoms. The van der Waals surface area contributed by atoms with Gasteiger partial charge in [-0.05, 0) is 18.6 Å². The Morgan fingerprint density at radius 2 is 1.84 bits per heavy atom.